The smallest absolute Gasteiger partial charge is 0.255 e. The predicted molar refractivity (Wildman–Crippen MR) is 87.0 cm³/mol. The molecule has 2 N–H and O–H groups in total. The number of aryl methyl sites for hydroxylation is 3. The molecule has 2 rings (SSSR count). The van der Waals surface area contributed by atoms with Crippen LogP contribution >= 0.6 is 0 Å². The van der Waals surface area contributed by atoms with Gasteiger partial charge in [-0.05, 0) is 51.0 Å². The summed E-state index contributed by atoms with van der Waals surface area (Å²) in [4.78, 5) is 16.6. The number of pyridine rings is 1. The largest absolute Gasteiger partial charge is 0.370 e. The van der Waals surface area contributed by atoms with E-state index in [4.69, 9.17) is 0 Å². The van der Waals surface area contributed by atoms with E-state index in [-0.39, 0.29) is 5.91 Å². The molecular formula is C17H21N3O. The van der Waals surface area contributed by atoms with Crippen molar-refractivity contribution in [2.75, 3.05) is 17.2 Å². The SMILES string of the molecule is CCNc1cc(C(=O)Nc2c(C)cc(C)cc2C)ccn1. The molecule has 0 aliphatic rings. The molecule has 1 amide bonds. The number of anilines is 2. The molecule has 0 atom stereocenters. The highest BCUT2D eigenvalue weighted by Crippen LogP contribution is 2.22. The van der Waals surface area contributed by atoms with Crippen LogP contribution in [0.1, 0.15) is 34.0 Å². The minimum atomic E-state index is -0.119. The van der Waals surface area contributed by atoms with Gasteiger partial charge in [0.15, 0.2) is 0 Å². The van der Waals surface area contributed by atoms with E-state index in [9.17, 15) is 4.79 Å². The maximum absolute atomic E-state index is 12.4. The van der Waals surface area contributed by atoms with Crippen LogP contribution < -0.4 is 10.6 Å². The molecule has 0 aliphatic heterocycles. The van der Waals surface area contributed by atoms with E-state index in [2.05, 4.69) is 34.7 Å². The Morgan fingerprint density at radius 3 is 2.43 bits per heavy atom. The molecule has 21 heavy (non-hydrogen) atoms. The van der Waals surface area contributed by atoms with Gasteiger partial charge in [-0.1, -0.05) is 17.7 Å². The minimum Gasteiger partial charge on any atom is -0.370 e. The van der Waals surface area contributed by atoms with Gasteiger partial charge in [-0.25, -0.2) is 4.98 Å². The molecule has 0 fully saturated rings. The van der Waals surface area contributed by atoms with Crippen molar-refractivity contribution in [3.05, 3.63) is 52.7 Å². The first kappa shape index (κ1) is 15.0. The maximum Gasteiger partial charge on any atom is 0.255 e. The van der Waals surface area contributed by atoms with E-state index in [1.54, 1.807) is 18.3 Å². The van der Waals surface area contributed by atoms with Gasteiger partial charge < -0.3 is 10.6 Å². The molecule has 0 aliphatic carbocycles. The van der Waals surface area contributed by atoms with Crippen molar-refractivity contribution < 1.29 is 4.79 Å². The van der Waals surface area contributed by atoms with Crippen molar-refractivity contribution >= 4 is 17.4 Å². The van der Waals surface area contributed by atoms with Crippen LogP contribution in [0.2, 0.25) is 0 Å². The van der Waals surface area contributed by atoms with E-state index in [0.717, 1.165) is 23.4 Å². The van der Waals surface area contributed by atoms with Gasteiger partial charge in [0.1, 0.15) is 5.82 Å². The highest BCUT2D eigenvalue weighted by Gasteiger charge is 2.11. The second-order valence-corrected chi connectivity index (χ2v) is 5.19. The number of amides is 1. The molecule has 1 aromatic heterocycles. The Hall–Kier alpha value is -2.36. The first-order valence-corrected chi connectivity index (χ1v) is 7.10. The molecule has 110 valence electrons. The summed E-state index contributed by atoms with van der Waals surface area (Å²) in [6.07, 6.45) is 1.64. The van der Waals surface area contributed by atoms with E-state index < -0.39 is 0 Å². The maximum atomic E-state index is 12.4. The number of carbonyl (C=O) groups is 1. The van der Waals surface area contributed by atoms with Crippen molar-refractivity contribution in [2.24, 2.45) is 0 Å². The van der Waals surface area contributed by atoms with E-state index in [0.29, 0.717) is 11.4 Å². The summed E-state index contributed by atoms with van der Waals surface area (Å²) in [6.45, 7) is 8.83. The van der Waals surface area contributed by atoms with Gasteiger partial charge in [0.25, 0.3) is 5.91 Å². The summed E-state index contributed by atoms with van der Waals surface area (Å²) in [5.41, 5.74) is 4.82. The molecule has 1 aromatic carbocycles. The summed E-state index contributed by atoms with van der Waals surface area (Å²) in [5.74, 6) is 0.592. The third kappa shape index (κ3) is 3.60. The monoisotopic (exact) mass is 283 g/mol. The van der Waals surface area contributed by atoms with Gasteiger partial charge in [-0.15, -0.1) is 0 Å². The average molecular weight is 283 g/mol. The average Bonchev–Trinajstić information content (AvgIpc) is 2.43. The van der Waals surface area contributed by atoms with E-state index in [1.807, 2.05) is 20.8 Å². The van der Waals surface area contributed by atoms with Gasteiger partial charge >= 0.3 is 0 Å². The standard InChI is InChI=1S/C17H21N3O/c1-5-18-15-10-14(6-7-19-15)17(21)20-16-12(3)8-11(2)9-13(16)4/h6-10H,5H2,1-4H3,(H,18,19)(H,20,21). The van der Waals surface area contributed by atoms with E-state index >= 15 is 0 Å². The lowest BCUT2D eigenvalue weighted by atomic mass is 10.0. The summed E-state index contributed by atoms with van der Waals surface area (Å²) in [7, 11) is 0. The Kier molecular flexibility index (Phi) is 4.58. The molecular weight excluding hydrogens is 262 g/mol. The van der Waals surface area contributed by atoms with Crippen LogP contribution in [-0.4, -0.2) is 17.4 Å². The lowest BCUT2D eigenvalue weighted by Gasteiger charge is -2.13. The molecule has 2 aromatic rings. The summed E-state index contributed by atoms with van der Waals surface area (Å²) in [5, 5.41) is 6.10. The Labute approximate surface area is 125 Å². The lowest BCUT2D eigenvalue weighted by molar-refractivity contribution is 0.102. The van der Waals surface area contributed by atoms with Crippen LogP contribution in [0.3, 0.4) is 0 Å². The third-order valence-electron chi connectivity index (χ3n) is 3.30. The van der Waals surface area contributed by atoms with Gasteiger partial charge in [-0.2, -0.15) is 0 Å². The number of hydrogen-bond donors (Lipinski definition) is 2. The van der Waals surface area contributed by atoms with Crippen LogP contribution in [-0.2, 0) is 0 Å². The lowest BCUT2D eigenvalue weighted by Crippen LogP contribution is -2.14. The first-order valence-electron chi connectivity index (χ1n) is 7.10. The van der Waals surface area contributed by atoms with Crippen LogP contribution in [0.25, 0.3) is 0 Å². The molecule has 1 heterocycles. The van der Waals surface area contributed by atoms with Crippen molar-refractivity contribution in [1.29, 1.82) is 0 Å². The van der Waals surface area contributed by atoms with Gasteiger partial charge in [0.2, 0.25) is 0 Å². The number of carbonyl (C=O) groups excluding carboxylic acids is 1. The molecule has 4 nitrogen and oxygen atoms in total. The second kappa shape index (κ2) is 6.39. The fourth-order valence-electron chi connectivity index (χ4n) is 2.41. The van der Waals surface area contributed by atoms with Crippen LogP contribution in [0.5, 0.6) is 0 Å². The highest BCUT2D eigenvalue weighted by molar-refractivity contribution is 6.05. The van der Waals surface area contributed by atoms with Crippen molar-refractivity contribution in [3.8, 4) is 0 Å². The second-order valence-electron chi connectivity index (χ2n) is 5.19. The fraction of sp³-hybridized carbons (Fsp3) is 0.294. The molecule has 0 radical (unpaired) electrons. The van der Waals surface area contributed by atoms with Crippen molar-refractivity contribution in [2.45, 2.75) is 27.7 Å². The Bertz CT molecular complexity index is 642. The zero-order valence-electron chi connectivity index (χ0n) is 12.9. The number of aromatic nitrogens is 1. The Morgan fingerprint density at radius 2 is 1.81 bits per heavy atom. The Morgan fingerprint density at radius 1 is 1.14 bits per heavy atom. The van der Waals surface area contributed by atoms with E-state index in [1.165, 1.54) is 5.56 Å². The third-order valence-corrected chi connectivity index (χ3v) is 3.30. The summed E-state index contributed by atoms with van der Waals surface area (Å²) >= 11 is 0. The zero-order valence-corrected chi connectivity index (χ0v) is 12.9. The number of nitrogens with one attached hydrogen (secondary N) is 2. The Balaban J connectivity index is 2.24. The molecule has 0 bridgehead atoms. The molecule has 0 unspecified atom stereocenters. The summed E-state index contributed by atoms with van der Waals surface area (Å²) in [6, 6.07) is 7.62. The topological polar surface area (TPSA) is 54.0 Å². The van der Waals surface area contributed by atoms with Gasteiger partial charge in [0, 0.05) is 24.0 Å². The first-order chi connectivity index (χ1) is 10.0. The molecule has 0 saturated heterocycles. The van der Waals surface area contributed by atoms with Crippen LogP contribution in [0.15, 0.2) is 30.5 Å². The van der Waals surface area contributed by atoms with Crippen LogP contribution in [0.4, 0.5) is 11.5 Å². The van der Waals surface area contributed by atoms with Gasteiger partial charge in [-0.3, -0.25) is 4.79 Å². The van der Waals surface area contributed by atoms with Crippen LogP contribution in [0, 0.1) is 20.8 Å². The number of hydrogen-bond acceptors (Lipinski definition) is 3. The summed E-state index contributed by atoms with van der Waals surface area (Å²) < 4.78 is 0. The number of rotatable bonds is 4. The highest BCUT2D eigenvalue weighted by atomic mass is 16.1. The molecule has 4 heteroatoms. The molecule has 0 saturated carbocycles. The normalized spacial score (nSPS) is 10.3. The number of benzene rings is 1. The van der Waals surface area contributed by atoms with Crippen molar-refractivity contribution in [3.63, 3.8) is 0 Å². The molecule has 0 spiro atoms. The number of nitrogens with zero attached hydrogens (tertiary/aromatic N) is 1. The van der Waals surface area contributed by atoms with Gasteiger partial charge in [0.05, 0.1) is 0 Å². The quantitative estimate of drug-likeness (QED) is 0.899. The minimum absolute atomic E-state index is 0.119. The fourth-order valence-corrected chi connectivity index (χ4v) is 2.41. The van der Waals surface area contributed by atoms with Crippen molar-refractivity contribution in [1.82, 2.24) is 4.98 Å². The predicted octanol–water partition coefficient (Wildman–Crippen LogP) is 3.69. The zero-order chi connectivity index (χ0) is 15.4.